The summed E-state index contributed by atoms with van der Waals surface area (Å²) in [7, 11) is 0. The van der Waals surface area contributed by atoms with Crippen LogP contribution in [0.25, 0.3) is 0 Å². The molecule has 25 heavy (non-hydrogen) atoms. The summed E-state index contributed by atoms with van der Waals surface area (Å²) in [4.78, 5) is 26.8. The zero-order chi connectivity index (χ0) is 17.8. The van der Waals surface area contributed by atoms with Crippen molar-refractivity contribution in [3.63, 3.8) is 0 Å². The number of aryl methyl sites for hydroxylation is 1. The summed E-state index contributed by atoms with van der Waals surface area (Å²) in [6.45, 7) is 4.93. The third kappa shape index (κ3) is 4.53. The van der Waals surface area contributed by atoms with E-state index in [1.165, 1.54) is 0 Å². The molecular formula is C19H26ClN3O2. The summed E-state index contributed by atoms with van der Waals surface area (Å²) in [5, 5.41) is 6.95. The zero-order valence-corrected chi connectivity index (χ0v) is 15.4. The van der Waals surface area contributed by atoms with Gasteiger partial charge in [0, 0.05) is 30.2 Å². The van der Waals surface area contributed by atoms with Crippen LogP contribution in [0, 0.1) is 12.8 Å². The van der Waals surface area contributed by atoms with Crippen LogP contribution in [0.3, 0.4) is 0 Å². The molecule has 3 rings (SSSR count). The second-order valence-electron chi connectivity index (χ2n) is 7.12. The number of halogens is 1. The topological polar surface area (TPSA) is 61.4 Å². The van der Waals surface area contributed by atoms with Crippen LogP contribution < -0.4 is 10.6 Å². The highest BCUT2D eigenvalue weighted by atomic mass is 35.5. The molecule has 0 aromatic heterocycles. The molecule has 0 spiro atoms. The lowest BCUT2D eigenvalue weighted by atomic mass is 9.97. The van der Waals surface area contributed by atoms with Crippen molar-refractivity contribution in [2.24, 2.45) is 5.92 Å². The van der Waals surface area contributed by atoms with E-state index in [-0.39, 0.29) is 17.9 Å². The number of piperidine rings is 1. The lowest BCUT2D eigenvalue weighted by Gasteiger charge is -2.33. The fourth-order valence-corrected chi connectivity index (χ4v) is 3.77. The van der Waals surface area contributed by atoms with Crippen LogP contribution >= 0.6 is 11.6 Å². The second kappa shape index (κ2) is 8.19. The van der Waals surface area contributed by atoms with Crippen LogP contribution in [0.4, 0.5) is 0 Å². The Morgan fingerprint density at radius 3 is 2.88 bits per heavy atom. The normalized spacial score (nSPS) is 23.5. The van der Waals surface area contributed by atoms with Crippen molar-refractivity contribution < 1.29 is 9.59 Å². The second-order valence-corrected chi connectivity index (χ2v) is 7.52. The highest BCUT2D eigenvalue weighted by Gasteiger charge is 2.27. The van der Waals surface area contributed by atoms with Gasteiger partial charge in [-0.2, -0.15) is 0 Å². The SMILES string of the molecule is Cc1cc(C(=O)N2CCCC(CNC(=O)C3CCCN3)C2)ccc1Cl. The fraction of sp³-hybridized carbons (Fsp3) is 0.579. The van der Waals surface area contributed by atoms with E-state index < -0.39 is 0 Å². The molecule has 2 atom stereocenters. The number of hydrogen-bond acceptors (Lipinski definition) is 3. The van der Waals surface area contributed by atoms with Gasteiger partial charge in [0.05, 0.1) is 6.04 Å². The van der Waals surface area contributed by atoms with Crippen molar-refractivity contribution in [1.82, 2.24) is 15.5 Å². The monoisotopic (exact) mass is 363 g/mol. The first-order valence-electron chi connectivity index (χ1n) is 9.11. The van der Waals surface area contributed by atoms with Crippen LogP contribution in [0.15, 0.2) is 18.2 Å². The number of benzene rings is 1. The van der Waals surface area contributed by atoms with Crippen LogP contribution in [0.5, 0.6) is 0 Å². The first-order chi connectivity index (χ1) is 12.0. The lowest BCUT2D eigenvalue weighted by Crippen LogP contribution is -2.46. The van der Waals surface area contributed by atoms with Gasteiger partial charge >= 0.3 is 0 Å². The summed E-state index contributed by atoms with van der Waals surface area (Å²) >= 11 is 6.05. The number of nitrogens with one attached hydrogen (secondary N) is 2. The van der Waals surface area contributed by atoms with Gasteiger partial charge in [0.15, 0.2) is 0 Å². The van der Waals surface area contributed by atoms with Crippen molar-refractivity contribution in [3.8, 4) is 0 Å². The van der Waals surface area contributed by atoms with Gasteiger partial charge in [-0.05, 0) is 68.8 Å². The van der Waals surface area contributed by atoms with Crippen LogP contribution in [-0.2, 0) is 4.79 Å². The van der Waals surface area contributed by atoms with E-state index >= 15 is 0 Å². The van der Waals surface area contributed by atoms with Gasteiger partial charge < -0.3 is 15.5 Å². The maximum Gasteiger partial charge on any atom is 0.253 e. The van der Waals surface area contributed by atoms with Crippen molar-refractivity contribution in [1.29, 1.82) is 0 Å². The molecule has 2 saturated heterocycles. The van der Waals surface area contributed by atoms with Gasteiger partial charge in [0.1, 0.15) is 0 Å². The minimum Gasteiger partial charge on any atom is -0.354 e. The Hall–Kier alpha value is -1.59. The highest BCUT2D eigenvalue weighted by molar-refractivity contribution is 6.31. The summed E-state index contributed by atoms with van der Waals surface area (Å²) in [6, 6.07) is 5.37. The van der Waals surface area contributed by atoms with Crippen molar-refractivity contribution in [3.05, 3.63) is 34.3 Å². The molecule has 2 aliphatic rings. The first kappa shape index (κ1) is 18.2. The smallest absolute Gasteiger partial charge is 0.253 e. The fourth-order valence-electron chi connectivity index (χ4n) is 3.65. The lowest BCUT2D eigenvalue weighted by molar-refractivity contribution is -0.123. The van der Waals surface area contributed by atoms with E-state index in [4.69, 9.17) is 11.6 Å². The molecule has 5 nitrogen and oxygen atoms in total. The molecule has 2 heterocycles. The Bertz CT molecular complexity index is 644. The minimum atomic E-state index is -0.0432. The Morgan fingerprint density at radius 2 is 2.16 bits per heavy atom. The van der Waals surface area contributed by atoms with E-state index in [0.717, 1.165) is 44.3 Å². The predicted octanol–water partition coefficient (Wildman–Crippen LogP) is 2.37. The average Bonchev–Trinajstić information content (AvgIpc) is 3.16. The van der Waals surface area contributed by atoms with E-state index in [1.807, 2.05) is 17.9 Å². The standard InChI is InChI=1S/C19H26ClN3O2/c1-13-10-15(6-7-16(13)20)19(25)23-9-3-4-14(12-23)11-22-18(24)17-5-2-8-21-17/h6-7,10,14,17,21H,2-5,8-9,11-12H2,1H3,(H,22,24). The number of rotatable bonds is 4. The molecule has 0 aliphatic carbocycles. The molecular weight excluding hydrogens is 338 g/mol. The third-order valence-electron chi connectivity index (χ3n) is 5.15. The molecule has 1 aromatic carbocycles. The number of nitrogens with zero attached hydrogens (tertiary/aromatic N) is 1. The number of amides is 2. The van der Waals surface area contributed by atoms with Crippen LogP contribution in [0.1, 0.15) is 41.6 Å². The number of carbonyl (C=O) groups is 2. The number of carbonyl (C=O) groups excluding carboxylic acids is 2. The Balaban J connectivity index is 1.54. The van der Waals surface area contributed by atoms with Gasteiger partial charge in [-0.1, -0.05) is 11.6 Å². The highest BCUT2D eigenvalue weighted by Crippen LogP contribution is 2.21. The molecule has 0 bridgehead atoms. The van der Waals surface area contributed by atoms with Gasteiger partial charge in [-0.25, -0.2) is 0 Å². The molecule has 0 saturated carbocycles. The van der Waals surface area contributed by atoms with E-state index in [2.05, 4.69) is 10.6 Å². The Labute approximate surface area is 154 Å². The molecule has 0 radical (unpaired) electrons. The largest absolute Gasteiger partial charge is 0.354 e. The minimum absolute atomic E-state index is 0.0432. The molecule has 2 amide bonds. The summed E-state index contributed by atoms with van der Waals surface area (Å²) in [5.41, 5.74) is 1.60. The molecule has 6 heteroatoms. The summed E-state index contributed by atoms with van der Waals surface area (Å²) in [6.07, 6.45) is 3.99. The van der Waals surface area contributed by atoms with Crippen molar-refractivity contribution >= 4 is 23.4 Å². The summed E-state index contributed by atoms with van der Waals surface area (Å²) < 4.78 is 0. The molecule has 2 N–H and O–H groups in total. The number of hydrogen-bond donors (Lipinski definition) is 2. The molecule has 136 valence electrons. The Kier molecular flexibility index (Phi) is 5.97. The summed E-state index contributed by atoms with van der Waals surface area (Å²) in [5.74, 6) is 0.457. The predicted molar refractivity (Wildman–Crippen MR) is 98.9 cm³/mol. The number of likely N-dealkylation sites (tertiary alicyclic amines) is 1. The Morgan fingerprint density at radius 1 is 1.32 bits per heavy atom. The first-order valence-corrected chi connectivity index (χ1v) is 9.49. The molecule has 2 unspecified atom stereocenters. The molecule has 1 aromatic rings. The maximum atomic E-state index is 12.7. The van der Waals surface area contributed by atoms with Gasteiger partial charge in [-0.3, -0.25) is 9.59 Å². The van der Waals surface area contributed by atoms with E-state index in [1.54, 1.807) is 12.1 Å². The van der Waals surface area contributed by atoms with Crippen molar-refractivity contribution in [2.45, 2.75) is 38.6 Å². The van der Waals surface area contributed by atoms with Crippen LogP contribution in [-0.4, -0.2) is 48.9 Å². The maximum absolute atomic E-state index is 12.7. The van der Waals surface area contributed by atoms with Gasteiger partial charge in [0.25, 0.3) is 5.91 Å². The molecule has 2 aliphatic heterocycles. The van der Waals surface area contributed by atoms with E-state index in [9.17, 15) is 9.59 Å². The molecule has 2 fully saturated rings. The van der Waals surface area contributed by atoms with Gasteiger partial charge in [-0.15, -0.1) is 0 Å². The quantitative estimate of drug-likeness (QED) is 0.863. The van der Waals surface area contributed by atoms with E-state index in [0.29, 0.717) is 29.6 Å². The zero-order valence-electron chi connectivity index (χ0n) is 14.7. The average molecular weight is 364 g/mol. The van der Waals surface area contributed by atoms with Gasteiger partial charge in [0.2, 0.25) is 5.91 Å². The third-order valence-corrected chi connectivity index (χ3v) is 5.58. The van der Waals surface area contributed by atoms with Crippen molar-refractivity contribution in [2.75, 3.05) is 26.2 Å². The van der Waals surface area contributed by atoms with Crippen LogP contribution in [0.2, 0.25) is 5.02 Å².